The van der Waals surface area contributed by atoms with Crippen LogP contribution in [-0.4, -0.2) is 41.2 Å². The first-order chi connectivity index (χ1) is 18.6. The quantitative estimate of drug-likeness (QED) is 0.215. The number of rotatable bonds is 8. The maximum Gasteiger partial charge on any atom is 0.229 e. The lowest BCUT2D eigenvalue weighted by molar-refractivity contribution is 0.601. The van der Waals surface area contributed by atoms with E-state index in [4.69, 9.17) is 28.2 Å². The van der Waals surface area contributed by atoms with Crippen LogP contribution in [0.5, 0.6) is 0 Å². The lowest BCUT2D eigenvalue weighted by Crippen LogP contribution is -2.12. The summed E-state index contributed by atoms with van der Waals surface area (Å²) >= 11 is 12.5. The fourth-order valence-corrected chi connectivity index (χ4v) is 5.20. The van der Waals surface area contributed by atoms with Crippen LogP contribution >= 0.6 is 23.2 Å². The number of anilines is 6. The van der Waals surface area contributed by atoms with Crippen molar-refractivity contribution in [1.29, 1.82) is 0 Å². The van der Waals surface area contributed by atoms with E-state index in [1.165, 1.54) is 6.26 Å². The van der Waals surface area contributed by atoms with E-state index in [1.54, 1.807) is 48.7 Å². The number of nitrogens with zero attached hydrogens (tertiary/aromatic N) is 5. The Morgan fingerprint density at radius 3 is 2.46 bits per heavy atom. The number of benzene rings is 3. The van der Waals surface area contributed by atoms with Crippen molar-refractivity contribution >= 4 is 78.8 Å². The van der Waals surface area contributed by atoms with Crippen LogP contribution in [-0.2, 0) is 22.6 Å². The number of aryl methyl sites for hydroxylation is 1. The average Bonchev–Trinajstić information content (AvgIpc) is 3.20. The molecule has 0 amide bonds. The Morgan fingerprint density at radius 2 is 1.72 bits per heavy atom. The minimum atomic E-state index is -3.09. The van der Waals surface area contributed by atoms with Gasteiger partial charge in [0.1, 0.15) is 5.82 Å². The molecule has 9 nitrogen and oxygen atoms in total. The summed E-state index contributed by atoms with van der Waals surface area (Å²) in [6.07, 6.45) is 2.89. The van der Waals surface area contributed by atoms with E-state index in [1.807, 2.05) is 47.8 Å². The molecule has 0 saturated heterocycles. The summed E-state index contributed by atoms with van der Waals surface area (Å²) in [4.78, 5) is 15.7. The monoisotopic (exact) mass is 581 g/mol. The molecule has 39 heavy (non-hydrogen) atoms. The van der Waals surface area contributed by atoms with Gasteiger partial charge in [-0.2, -0.15) is 4.98 Å². The van der Waals surface area contributed by atoms with Gasteiger partial charge in [-0.15, -0.1) is 0 Å². The van der Waals surface area contributed by atoms with E-state index in [2.05, 4.69) is 20.6 Å². The van der Waals surface area contributed by atoms with Gasteiger partial charge in [0, 0.05) is 42.9 Å². The zero-order valence-electron chi connectivity index (χ0n) is 21.4. The minimum Gasteiger partial charge on any atom is -0.329 e. The molecule has 0 radical (unpaired) electrons. The molecule has 12 heteroatoms. The van der Waals surface area contributed by atoms with Crippen molar-refractivity contribution in [3.8, 4) is 0 Å². The number of fused-ring (bicyclic) bond motifs is 1. The molecule has 0 aliphatic carbocycles. The van der Waals surface area contributed by atoms with Crippen LogP contribution in [0.2, 0.25) is 10.0 Å². The summed E-state index contributed by atoms with van der Waals surface area (Å²) in [5.41, 5.74) is 4.77. The standard InChI is InChI=1S/C27H25Cl2N7O2S/c1-35(25-12-13-30-26(34-25)31-19-7-4-17(5-8-19)16-39(3,37)38)20-9-11-24-23(15-20)33-27(36(24)2)32-22-14-18(28)6-10-21(22)29/h4-15H,16H2,1-3H3,(H,32,33)(H,30,31,34). The van der Waals surface area contributed by atoms with Gasteiger partial charge in [0.25, 0.3) is 0 Å². The van der Waals surface area contributed by atoms with Crippen LogP contribution in [0.3, 0.4) is 0 Å². The molecular formula is C27H25Cl2N7O2S. The Labute approximate surface area is 236 Å². The molecular weight excluding hydrogens is 557 g/mol. The second-order valence-electron chi connectivity index (χ2n) is 9.11. The molecule has 3 aromatic carbocycles. The molecule has 2 aromatic heterocycles. The molecule has 0 fully saturated rings. The summed E-state index contributed by atoms with van der Waals surface area (Å²) in [7, 11) is 0.751. The van der Waals surface area contributed by atoms with Crippen molar-refractivity contribution in [2.24, 2.45) is 7.05 Å². The average molecular weight is 583 g/mol. The van der Waals surface area contributed by atoms with Crippen molar-refractivity contribution in [2.45, 2.75) is 5.75 Å². The third kappa shape index (κ3) is 6.25. The van der Waals surface area contributed by atoms with Crippen molar-refractivity contribution in [2.75, 3.05) is 28.8 Å². The number of hydrogen-bond donors (Lipinski definition) is 2. The largest absolute Gasteiger partial charge is 0.329 e. The van der Waals surface area contributed by atoms with Crippen molar-refractivity contribution in [3.05, 3.63) is 88.5 Å². The van der Waals surface area contributed by atoms with Gasteiger partial charge in [-0.3, -0.25) is 0 Å². The second-order valence-corrected chi connectivity index (χ2v) is 12.1. The molecule has 200 valence electrons. The predicted octanol–water partition coefficient (Wildman–Crippen LogP) is 6.47. The SMILES string of the molecule is CN(c1ccc2c(c1)nc(Nc1cc(Cl)ccc1Cl)n2C)c1ccnc(Nc2ccc(CS(C)(=O)=O)cc2)n1. The molecule has 0 aliphatic rings. The first-order valence-corrected chi connectivity index (χ1v) is 14.7. The van der Waals surface area contributed by atoms with Gasteiger partial charge in [0.2, 0.25) is 11.9 Å². The third-order valence-corrected chi connectivity index (χ3v) is 7.47. The fraction of sp³-hybridized carbons (Fsp3) is 0.148. The Balaban J connectivity index is 1.35. The molecule has 0 aliphatic heterocycles. The molecule has 5 rings (SSSR count). The lowest BCUT2D eigenvalue weighted by atomic mass is 10.2. The van der Waals surface area contributed by atoms with E-state index in [9.17, 15) is 8.42 Å². The number of imidazole rings is 1. The number of halogens is 2. The number of sulfone groups is 1. The third-order valence-electron chi connectivity index (χ3n) is 6.05. The first-order valence-electron chi connectivity index (χ1n) is 11.8. The maximum atomic E-state index is 11.5. The van der Waals surface area contributed by atoms with Crippen molar-refractivity contribution in [3.63, 3.8) is 0 Å². The number of nitrogens with one attached hydrogen (secondary N) is 2. The molecule has 0 spiro atoms. The van der Waals surface area contributed by atoms with Crippen LogP contribution in [0.4, 0.5) is 34.8 Å². The first kappa shape index (κ1) is 26.7. The maximum absolute atomic E-state index is 11.5. The minimum absolute atomic E-state index is 0.00339. The van der Waals surface area contributed by atoms with E-state index in [0.717, 1.165) is 28.0 Å². The van der Waals surface area contributed by atoms with Gasteiger partial charge in [-0.1, -0.05) is 35.3 Å². The normalized spacial score (nSPS) is 11.5. The van der Waals surface area contributed by atoms with E-state index in [-0.39, 0.29) is 5.75 Å². The van der Waals surface area contributed by atoms with Crippen LogP contribution in [0.25, 0.3) is 11.0 Å². The summed E-state index contributed by atoms with van der Waals surface area (Å²) in [6.45, 7) is 0. The highest BCUT2D eigenvalue weighted by Crippen LogP contribution is 2.31. The highest BCUT2D eigenvalue weighted by molar-refractivity contribution is 7.89. The molecule has 2 N–H and O–H groups in total. The molecule has 0 atom stereocenters. The van der Waals surface area contributed by atoms with Gasteiger partial charge < -0.3 is 20.1 Å². The number of hydrogen-bond acceptors (Lipinski definition) is 8. The van der Waals surface area contributed by atoms with Gasteiger partial charge in [-0.25, -0.2) is 18.4 Å². The van der Waals surface area contributed by atoms with Gasteiger partial charge in [-0.05, 0) is 60.2 Å². The molecule has 2 heterocycles. The van der Waals surface area contributed by atoms with Gasteiger partial charge in [0.15, 0.2) is 9.84 Å². The Hall–Kier alpha value is -3.86. The summed E-state index contributed by atoms with van der Waals surface area (Å²) in [6, 6.07) is 20.2. The zero-order valence-corrected chi connectivity index (χ0v) is 23.7. The Kier molecular flexibility index (Phi) is 7.35. The summed E-state index contributed by atoms with van der Waals surface area (Å²) in [5.74, 6) is 1.72. The van der Waals surface area contributed by atoms with E-state index >= 15 is 0 Å². The summed E-state index contributed by atoms with van der Waals surface area (Å²) in [5, 5.41) is 7.55. The lowest BCUT2D eigenvalue weighted by Gasteiger charge is -2.19. The van der Waals surface area contributed by atoms with Crippen LogP contribution < -0.4 is 15.5 Å². The molecule has 0 saturated carbocycles. The van der Waals surface area contributed by atoms with Crippen molar-refractivity contribution in [1.82, 2.24) is 19.5 Å². The van der Waals surface area contributed by atoms with E-state index in [0.29, 0.717) is 33.4 Å². The van der Waals surface area contributed by atoms with E-state index < -0.39 is 9.84 Å². The smallest absolute Gasteiger partial charge is 0.229 e. The molecule has 0 unspecified atom stereocenters. The fourth-order valence-electron chi connectivity index (χ4n) is 4.07. The highest BCUT2D eigenvalue weighted by atomic mass is 35.5. The highest BCUT2D eigenvalue weighted by Gasteiger charge is 2.14. The van der Waals surface area contributed by atoms with Crippen molar-refractivity contribution < 1.29 is 8.42 Å². The van der Waals surface area contributed by atoms with Crippen LogP contribution in [0.15, 0.2) is 72.9 Å². The molecule has 0 bridgehead atoms. The Morgan fingerprint density at radius 1 is 0.949 bits per heavy atom. The Bertz CT molecular complexity index is 1770. The second kappa shape index (κ2) is 10.7. The molecule has 5 aromatic rings. The van der Waals surface area contributed by atoms with Gasteiger partial charge in [0.05, 0.1) is 27.5 Å². The summed E-state index contributed by atoms with van der Waals surface area (Å²) < 4.78 is 25.0. The zero-order chi connectivity index (χ0) is 27.7. The predicted molar refractivity (Wildman–Crippen MR) is 159 cm³/mol. The number of aromatic nitrogens is 4. The van der Waals surface area contributed by atoms with Crippen LogP contribution in [0.1, 0.15) is 5.56 Å². The van der Waals surface area contributed by atoms with Gasteiger partial charge >= 0.3 is 0 Å². The van der Waals surface area contributed by atoms with Crippen LogP contribution in [0, 0.1) is 0 Å². The topological polar surface area (TPSA) is 105 Å².